The normalized spacial score (nSPS) is 19.3. The van der Waals surface area contributed by atoms with Gasteiger partial charge in [0.25, 0.3) is 5.91 Å². The molecule has 1 aromatic rings. The number of carbonyl (C=O) groups excluding carboxylic acids is 1. The summed E-state index contributed by atoms with van der Waals surface area (Å²) in [4.78, 5) is 12.1. The molecule has 1 aliphatic heterocycles. The van der Waals surface area contributed by atoms with Gasteiger partial charge in [0, 0.05) is 18.2 Å². The van der Waals surface area contributed by atoms with Crippen LogP contribution in [0, 0.1) is 0 Å². The zero-order valence-electron chi connectivity index (χ0n) is 12.2. The van der Waals surface area contributed by atoms with Gasteiger partial charge in [-0.1, -0.05) is 11.6 Å². The Balaban J connectivity index is 1.85. The van der Waals surface area contributed by atoms with Gasteiger partial charge in [0.05, 0.1) is 31.5 Å². The molecule has 5 nitrogen and oxygen atoms in total. The first-order valence-electron chi connectivity index (χ1n) is 6.94. The smallest absolute Gasteiger partial charge is 0.251 e. The van der Waals surface area contributed by atoms with Crippen molar-refractivity contribution in [2.24, 2.45) is 0 Å². The third kappa shape index (κ3) is 4.59. The molecule has 1 aliphatic rings. The zero-order chi connectivity index (χ0) is 15.2. The van der Waals surface area contributed by atoms with Crippen LogP contribution in [0.25, 0.3) is 0 Å². The van der Waals surface area contributed by atoms with Gasteiger partial charge in [0.15, 0.2) is 0 Å². The molecule has 1 fully saturated rings. The van der Waals surface area contributed by atoms with E-state index in [2.05, 4.69) is 5.32 Å². The lowest BCUT2D eigenvalue weighted by Crippen LogP contribution is -2.37. The van der Waals surface area contributed by atoms with Crippen LogP contribution in [0.3, 0.4) is 0 Å². The number of hydrogen-bond donors (Lipinski definition) is 1. The quantitative estimate of drug-likeness (QED) is 0.875. The van der Waals surface area contributed by atoms with E-state index in [0.717, 1.165) is 13.0 Å². The van der Waals surface area contributed by atoms with Crippen LogP contribution in [0.4, 0.5) is 0 Å². The Bertz CT molecular complexity index is 489. The second-order valence-electron chi connectivity index (χ2n) is 5.04. The highest BCUT2D eigenvalue weighted by Crippen LogP contribution is 2.24. The van der Waals surface area contributed by atoms with E-state index in [1.165, 1.54) is 7.11 Å². The summed E-state index contributed by atoms with van der Waals surface area (Å²) in [6, 6.07) is 4.85. The summed E-state index contributed by atoms with van der Waals surface area (Å²) < 4.78 is 16.0. The van der Waals surface area contributed by atoms with Crippen LogP contribution in [0.2, 0.25) is 5.02 Å². The Labute approximate surface area is 129 Å². The van der Waals surface area contributed by atoms with Gasteiger partial charge in [0.1, 0.15) is 5.75 Å². The van der Waals surface area contributed by atoms with E-state index in [1.54, 1.807) is 18.2 Å². The molecule has 0 aliphatic carbocycles. The molecule has 0 aromatic heterocycles. The summed E-state index contributed by atoms with van der Waals surface area (Å²) >= 11 is 5.94. The van der Waals surface area contributed by atoms with Crippen molar-refractivity contribution in [1.29, 1.82) is 0 Å². The molecule has 2 rings (SSSR count). The lowest BCUT2D eigenvalue weighted by Gasteiger charge is -2.17. The average Bonchev–Trinajstić information content (AvgIpc) is 2.99. The summed E-state index contributed by atoms with van der Waals surface area (Å²) in [5.41, 5.74) is 0.507. The van der Waals surface area contributed by atoms with Crippen molar-refractivity contribution in [3.8, 4) is 5.75 Å². The largest absolute Gasteiger partial charge is 0.495 e. The van der Waals surface area contributed by atoms with Gasteiger partial charge in [0.2, 0.25) is 0 Å². The number of amides is 1. The first kappa shape index (κ1) is 16.1. The zero-order valence-corrected chi connectivity index (χ0v) is 13.0. The predicted octanol–water partition coefficient (Wildman–Crippen LogP) is 2.27. The van der Waals surface area contributed by atoms with E-state index >= 15 is 0 Å². The maximum Gasteiger partial charge on any atom is 0.251 e. The molecular formula is C15H20ClNO4. The lowest BCUT2D eigenvalue weighted by atomic mass is 10.2. The van der Waals surface area contributed by atoms with Crippen molar-refractivity contribution >= 4 is 17.5 Å². The van der Waals surface area contributed by atoms with Crippen LogP contribution in [-0.4, -0.2) is 45.0 Å². The number of rotatable bonds is 6. The molecule has 1 N–H and O–H groups in total. The molecule has 0 saturated carbocycles. The van der Waals surface area contributed by atoms with Gasteiger partial charge in [-0.2, -0.15) is 0 Å². The monoisotopic (exact) mass is 313 g/mol. The van der Waals surface area contributed by atoms with E-state index < -0.39 is 0 Å². The molecule has 0 radical (unpaired) electrons. The first-order chi connectivity index (χ1) is 10.1. The number of hydrogen-bond acceptors (Lipinski definition) is 4. The second kappa shape index (κ2) is 7.64. The fourth-order valence-electron chi connectivity index (χ4n) is 2.07. The number of halogens is 1. The van der Waals surface area contributed by atoms with Crippen molar-refractivity contribution in [2.45, 2.75) is 25.5 Å². The number of carbonyl (C=O) groups is 1. The fraction of sp³-hybridized carbons (Fsp3) is 0.533. The summed E-state index contributed by atoms with van der Waals surface area (Å²) in [6.07, 6.45) is 1.05. The van der Waals surface area contributed by atoms with Crippen LogP contribution in [0.15, 0.2) is 18.2 Å². The van der Waals surface area contributed by atoms with E-state index in [4.69, 9.17) is 25.8 Å². The minimum atomic E-state index is -0.177. The van der Waals surface area contributed by atoms with Gasteiger partial charge in [-0.3, -0.25) is 4.79 Å². The molecule has 0 spiro atoms. The summed E-state index contributed by atoms with van der Waals surface area (Å²) in [7, 11) is 1.52. The number of nitrogens with one attached hydrogen (secondary N) is 1. The Hall–Kier alpha value is -1.30. The molecule has 1 heterocycles. The SMILES string of the molecule is COc1cc(C(=O)N[C@H](C)CO[C@H]2CCOC2)ccc1Cl. The average molecular weight is 314 g/mol. The van der Waals surface area contributed by atoms with Gasteiger partial charge in [-0.05, 0) is 31.5 Å². The van der Waals surface area contributed by atoms with Gasteiger partial charge >= 0.3 is 0 Å². The van der Waals surface area contributed by atoms with Crippen LogP contribution in [-0.2, 0) is 9.47 Å². The van der Waals surface area contributed by atoms with Crippen LogP contribution in [0.1, 0.15) is 23.7 Å². The third-order valence-corrected chi connectivity index (χ3v) is 3.57. The minimum absolute atomic E-state index is 0.0835. The van der Waals surface area contributed by atoms with E-state index in [0.29, 0.717) is 29.5 Å². The minimum Gasteiger partial charge on any atom is -0.495 e. The third-order valence-electron chi connectivity index (χ3n) is 3.26. The Kier molecular flexibility index (Phi) is 5.85. The van der Waals surface area contributed by atoms with Crippen molar-refractivity contribution < 1.29 is 19.0 Å². The maximum atomic E-state index is 12.1. The fourth-order valence-corrected chi connectivity index (χ4v) is 2.27. The topological polar surface area (TPSA) is 56.8 Å². The standard InChI is InChI=1S/C15H20ClNO4/c1-10(8-21-12-5-6-20-9-12)17-15(18)11-3-4-13(16)14(7-11)19-2/h3-4,7,10,12H,5-6,8-9H2,1-2H3,(H,17,18)/t10-,12+/m1/s1. The van der Waals surface area contributed by atoms with E-state index in [-0.39, 0.29) is 18.1 Å². The number of methoxy groups -OCH3 is 1. The molecule has 0 unspecified atom stereocenters. The molecule has 0 bridgehead atoms. The molecule has 116 valence electrons. The summed E-state index contributed by atoms with van der Waals surface area (Å²) in [5.74, 6) is 0.306. The predicted molar refractivity (Wildman–Crippen MR) is 80.1 cm³/mol. The Morgan fingerprint density at radius 1 is 1.57 bits per heavy atom. The van der Waals surface area contributed by atoms with Gasteiger partial charge < -0.3 is 19.5 Å². The molecule has 1 amide bonds. The van der Waals surface area contributed by atoms with Crippen LogP contribution < -0.4 is 10.1 Å². The maximum absolute atomic E-state index is 12.1. The van der Waals surface area contributed by atoms with E-state index in [9.17, 15) is 4.79 Å². The van der Waals surface area contributed by atoms with Crippen molar-refractivity contribution in [3.63, 3.8) is 0 Å². The highest BCUT2D eigenvalue weighted by atomic mass is 35.5. The molecule has 21 heavy (non-hydrogen) atoms. The van der Waals surface area contributed by atoms with Crippen LogP contribution in [0.5, 0.6) is 5.75 Å². The Morgan fingerprint density at radius 2 is 2.38 bits per heavy atom. The Morgan fingerprint density at radius 3 is 3.05 bits per heavy atom. The molecule has 6 heteroatoms. The summed E-state index contributed by atoms with van der Waals surface area (Å²) in [5, 5.41) is 3.37. The highest BCUT2D eigenvalue weighted by Gasteiger charge is 2.18. The molecule has 1 aromatic carbocycles. The second-order valence-corrected chi connectivity index (χ2v) is 5.45. The summed E-state index contributed by atoms with van der Waals surface area (Å²) in [6.45, 7) is 3.75. The van der Waals surface area contributed by atoms with Crippen molar-refractivity contribution in [1.82, 2.24) is 5.32 Å². The van der Waals surface area contributed by atoms with Gasteiger partial charge in [-0.15, -0.1) is 0 Å². The van der Waals surface area contributed by atoms with Crippen molar-refractivity contribution in [3.05, 3.63) is 28.8 Å². The van der Waals surface area contributed by atoms with Crippen LogP contribution >= 0.6 is 11.6 Å². The molecule has 2 atom stereocenters. The number of ether oxygens (including phenoxy) is 3. The molecular weight excluding hydrogens is 294 g/mol. The first-order valence-corrected chi connectivity index (χ1v) is 7.31. The number of benzene rings is 1. The van der Waals surface area contributed by atoms with Gasteiger partial charge in [-0.25, -0.2) is 0 Å². The van der Waals surface area contributed by atoms with Crippen molar-refractivity contribution in [2.75, 3.05) is 26.9 Å². The highest BCUT2D eigenvalue weighted by molar-refractivity contribution is 6.32. The molecule has 1 saturated heterocycles. The lowest BCUT2D eigenvalue weighted by molar-refractivity contribution is 0.0318. The van der Waals surface area contributed by atoms with E-state index in [1.807, 2.05) is 6.92 Å².